The highest BCUT2D eigenvalue weighted by atomic mass is 35.5. The van der Waals surface area contributed by atoms with Gasteiger partial charge in [-0.2, -0.15) is 0 Å². The first-order valence-corrected chi connectivity index (χ1v) is 6.48. The molecule has 0 aliphatic carbocycles. The number of aliphatic hydroxyl groups excluding tert-OH is 1. The normalized spacial score (nSPS) is 12.5. The second kappa shape index (κ2) is 5.32. The largest absolute Gasteiger partial charge is 0.384 e. The molecule has 0 spiro atoms. The molecular weight excluding hydrogens is 263 g/mol. The predicted octanol–water partition coefficient (Wildman–Crippen LogP) is 4.49. The quantitative estimate of drug-likeness (QED) is 0.858. The van der Waals surface area contributed by atoms with Crippen LogP contribution in [0.2, 0.25) is 5.02 Å². The molecule has 1 unspecified atom stereocenters. The van der Waals surface area contributed by atoms with Gasteiger partial charge < -0.3 is 5.11 Å². The maximum absolute atomic E-state index is 13.4. The van der Waals surface area contributed by atoms with E-state index >= 15 is 0 Å². The Labute approximate surface area is 117 Å². The van der Waals surface area contributed by atoms with Crippen LogP contribution in [0.5, 0.6) is 0 Å². The summed E-state index contributed by atoms with van der Waals surface area (Å²) in [5.74, 6) is -0.442. The average Bonchev–Trinajstić information content (AvgIpc) is 2.31. The standard InChI is InChI=1S/C16H16ClFO/c1-9-4-11(3)15(5-10(9)2)16(19)12-6-13(17)8-14(18)7-12/h4-8,16,19H,1-3H3. The van der Waals surface area contributed by atoms with E-state index in [1.54, 1.807) is 6.07 Å². The topological polar surface area (TPSA) is 20.2 Å². The first kappa shape index (κ1) is 14.0. The van der Waals surface area contributed by atoms with Crippen molar-refractivity contribution in [3.63, 3.8) is 0 Å². The summed E-state index contributed by atoms with van der Waals surface area (Å²) in [5, 5.41) is 10.7. The van der Waals surface area contributed by atoms with Crippen LogP contribution < -0.4 is 0 Å². The van der Waals surface area contributed by atoms with Crippen LogP contribution in [0.3, 0.4) is 0 Å². The number of aliphatic hydroxyl groups is 1. The van der Waals surface area contributed by atoms with E-state index in [1.807, 2.05) is 32.9 Å². The predicted molar refractivity (Wildman–Crippen MR) is 76.1 cm³/mol. The summed E-state index contributed by atoms with van der Waals surface area (Å²) in [5.41, 5.74) is 4.50. The van der Waals surface area contributed by atoms with E-state index < -0.39 is 11.9 Å². The number of halogens is 2. The molecular formula is C16H16ClFO. The van der Waals surface area contributed by atoms with Crippen LogP contribution in [0.15, 0.2) is 30.3 Å². The van der Waals surface area contributed by atoms with Crippen molar-refractivity contribution in [2.24, 2.45) is 0 Å². The van der Waals surface area contributed by atoms with Gasteiger partial charge in [0.1, 0.15) is 11.9 Å². The van der Waals surface area contributed by atoms with E-state index in [-0.39, 0.29) is 5.02 Å². The zero-order chi connectivity index (χ0) is 14.2. The lowest BCUT2D eigenvalue weighted by molar-refractivity contribution is 0.219. The van der Waals surface area contributed by atoms with Crippen LogP contribution in [0, 0.1) is 26.6 Å². The average molecular weight is 279 g/mol. The van der Waals surface area contributed by atoms with E-state index in [0.717, 1.165) is 16.7 Å². The molecule has 0 aromatic heterocycles. The zero-order valence-corrected chi connectivity index (χ0v) is 11.9. The molecule has 0 heterocycles. The SMILES string of the molecule is Cc1cc(C)c(C(O)c2cc(F)cc(Cl)c2)cc1C. The van der Waals surface area contributed by atoms with Gasteiger partial charge >= 0.3 is 0 Å². The van der Waals surface area contributed by atoms with E-state index in [9.17, 15) is 9.50 Å². The first-order valence-electron chi connectivity index (χ1n) is 6.10. The number of aryl methyl sites for hydroxylation is 3. The Morgan fingerprint density at radius 1 is 0.947 bits per heavy atom. The minimum Gasteiger partial charge on any atom is -0.384 e. The molecule has 0 aliphatic heterocycles. The molecule has 1 nitrogen and oxygen atoms in total. The smallest absolute Gasteiger partial charge is 0.125 e. The summed E-state index contributed by atoms with van der Waals surface area (Å²) in [6.07, 6.45) is -0.868. The molecule has 19 heavy (non-hydrogen) atoms. The molecule has 2 aromatic carbocycles. The van der Waals surface area contributed by atoms with Crippen molar-refractivity contribution in [3.05, 3.63) is 69.0 Å². The third kappa shape index (κ3) is 2.96. The molecule has 0 amide bonds. The lowest BCUT2D eigenvalue weighted by atomic mass is 9.93. The molecule has 2 rings (SSSR count). The van der Waals surface area contributed by atoms with Crippen molar-refractivity contribution in [1.82, 2.24) is 0 Å². The minimum atomic E-state index is -0.868. The lowest BCUT2D eigenvalue weighted by Gasteiger charge is -2.16. The van der Waals surface area contributed by atoms with Crippen molar-refractivity contribution in [2.75, 3.05) is 0 Å². The monoisotopic (exact) mass is 278 g/mol. The second-order valence-corrected chi connectivity index (χ2v) is 5.33. The third-order valence-corrected chi connectivity index (χ3v) is 3.60. The first-order chi connectivity index (χ1) is 8.88. The molecule has 1 N–H and O–H groups in total. The molecule has 0 radical (unpaired) electrons. The highest BCUT2D eigenvalue weighted by Gasteiger charge is 2.15. The third-order valence-electron chi connectivity index (χ3n) is 3.38. The van der Waals surface area contributed by atoms with Crippen molar-refractivity contribution >= 4 is 11.6 Å². The Morgan fingerprint density at radius 2 is 1.58 bits per heavy atom. The summed E-state index contributed by atoms with van der Waals surface area (Å²) in [6.45, 7) is 5.95. The lowest BCUT2D eigenvalue weighted by Crippen LogP contribution is -2.04. The Morgan fingerprint density at radius 3 is 2.21 bits per heavy atom. The summed E-state index contributed by atoms with van der Waals surface area (Å²) in [6, 6.07) is 8.09. The second-order valence-electron chi connectivity index (χ2n) is 4.90. The van der Waals surface area contributed by atoms with Crippen molar-refractivity contribution in [2.45, 2.75) is 26.9 Å². The molecule has 100 valence electrons. The Kier molecular flexibility index (Phi) is 3.93. The van der Waals surface area contributed by atoms with Gasteiger partial charge in [-0.25, -0.2) is 4.39 Å². The van der Waals surface area contributed by atoms with E-state index in [4.69, 9.17) is 11.6 Å². The van der Waals surface area contributed by atoms with E-state index in [1.165, 1.54) is 17.7 Å². The number of benzene rings is 2. The molecule has 0 saturated carbocycles. The van der Waals surface area contributed by atoms with Gasteiger partial charge in [-0.1, -0.05) is 23.7 Å². The fourth-order valence-electron chi connectivity index (χ4n) is 2.19. The fourth-order valence-corrected chi connectivity index (χ4v) is 2.42. The molecule has 0 saturated heterocycles. The van der Waals surface area contributed by atoms with Gasteiger partial charge in [0, 0.05) is 5.02 Å². The van der Waals surface area contributed by atoms with Gasteiger partial charge in [-0.15, -0.1) is 0 Å². The van der Waals surface area contributed by atoms with Crippen LogP contribution in [-0.2, 0) is 0 Å². The van der Waals surface area contributed by atoms with Gasteiger partial charge in [0.15, 0.2) is 0 Å². The van der Waals surface area contributed by atoms with Gasteiger partial charge in [0.2, 0.25) is 0 Å². The Hall–Kier alpha value is -1.38. The summed E-state index contributed by atoms with van der Waals surface area (Å²) in [4.78, 5) is 0. The molecule has 1 atom stereocenters. The van der Waals surface area contributed by atoms with Gasteiger partial charge in [0.25, 0.3) is 0 Å². The van der Waals surface area contributed by atoms with Crippen molar-refractivity contribution < 1.29 is 9.50 Å². The molecule has 3 heteroatoms. The van der Waals surface area contributed by atoms with Crippen LogP contribution >= 0.6 is 11.6 Å². The molecule has 0 aliphatic rings. The van der Waals surface area contributed by atoms with Crippen LogP contribution in [0.4, 0.5) is 4.39 Å². The zero-order valence-electron chi connectivity index (χ0n) is 11.2. The summed E-state index contributed by atoms with van der Waals surface area (Å²) in [7, 11) is 0. The highest BCUT2D eigenvalue weighted by Crippen LogP contribution is 2.29. The van der Waals surface area contributed by atoms with Gasteiger partial charge in [-0.3, -0.25) is 0 Å². The highest BCUT2D eigenvalue weighted by molar-refractivity contribution is 6.30. The van der Waals surface area contributed by atoms with Crippen LogP contribution in [-0.4, -0.2) is 5.11 Å². The molecule has 0 bridgehead atoms. The van der Waals surface area contributed by atoms with Crippen LogP contribution in [0.25, 0.3) is 0 Å². The number of rotatable bonds is 2. The number of hydrogen-bond acceptors (Lipinski definition) is 1. The fraction of sp³-hybridized carbons (Fsp3) is 0.250. The maximum Gasteiger partial charge on any atom is 0.125 e. The molecule has 2 aromatic rings. The summed E-state index contributed by atoms with van der Waals surface area (Å²) < 4.78 is 13.4. The summed E-state index contributed by atoms with van der Waals surface area (Å²) >= 11 is 5.83. The number of hydrogen-bond donors (Lipinski definition) is 1. The Balaban J connectivity index is 2.49. The van der Waals surface area contributed by atoms with Gasteiger partial charge in [0.05, 0.1) is 0 Å². The molecule has 0 fully saturated rings. The van der Waals surface area contributed by atoms with Gasteiger partial charge in [-0.05, 0) is 66.8 Å². The maximum atomic E-state index is 13.4. The van der Waals surface area contributed by atoms with Crippen molar-refractivity contribution in [1.29, 1.82) is 0 Å². The van der Waals surface area contributed by atoms with Crippen LogP contribution in [0.1, 0.15) is 33.9 Å². The van der Waals surface area contributed by atoms with Crippen molar-refractivity contribution in [3.8, 4) is 0 Å². The minimum absolute atomic E-state index is 0.288. The van der Waals surface area contributed by atoms with E-state index in [2.05, 4.69) is 0 Å². The van der Waals surface area contributed by atoms with E-state index in [0.29, 0.717) is 5.56 Å². The Bertz CT molecular complexity index is 602.